The van der Waals surface area contributed by atoms with Gasteiger partial charge < -0.3 is 20.9 Å². The third kappa shape index (κ3) is 5.16. The monoisotopic (exact) mass is 511 g/mol. The van der Waals surface area contributed by atoms with Crippen molar-refractivity contribution in [2.45, 2.75) is 49.7 Å². The maximum absolute atomic E-state index is 13.8. The molecule has 1 aliphatic heterocycles. The maximum Gasteiger partial charge on any atom is 0.245 e. The van der Waals surface area contributed by atoms with Crippen LogP contribution in [-0.2, 0) is 39.0 Å². The molecule has 0 unspecified atom stereocenters. The Morgan fingerprint density at radius 1 is 1.17 bits per heavy atom. The number of rotatable bonds is 7. The van der Waals surface area contributed by atoms with Crippen molar-refractivity contribution in [3.63, 3.8) is 0 Å². The number of hydrogen-bond donors (Lipinski definition) is 3. The Kier molecular flexibility index (Phi) is 6.96. The second-order valence-corrected chi connectivity index (χ2v) is 12.2. The molecular formula is C26H33N5O4S. The van der Waals surface area contributed by atoms with Gasteiger partial charge in [0.05, 0.1) is 10.4 Å². The predicted octanol–water partition coefficient (Wildman–Crippen LogP) is 1.77. The highest BCUT2D eigenvalue weighted by molar-refractivity contribution is 7.89. The summed E-state index contributed by atoms with van der Waals surface area (Å²) in [6.45, 7) is 3.92. The molecule has 192 valence electrons. The third-order valence-corrected chi connectivity index (χ3v) is 8.38. The van der Waals surface area contributed by atoms with Crippen LogP contribution in [0.3, 0.4) is 0 Å². The molecule has 1 aliphatic rings. The smallest absolute Gasteiger partial charge is 0.245 e. The van der Waals surface area contributed by atoms with E-state index in [0.717, 1.165) is 27.6 Å². The quantitative estimate of drug-likeness (QED) is 0.445. The Bertz CT molecular complexity index is 1410. The van der Waals surface area contributed by atoms with Gasteiger partial charge in [0.1, 0.15) is 6.04 Å². The largest absolute Gasteiger partial charge is 0.361 e. The summed E-state index contributed by atoms with van der Waals surface area (Å²) < 4.78 is 26.4. The first-order chi connectivity index (χ1) is 16.9. The minimum absolute atomic E-state index is 0.189. The lowest BCUT2D eigenvalue weighted by atomic mass is 9.97. The number of para-hydroxylation sites is 1. The van der Waals surface area contributed by atoms with Crippen molar-refractivity contribution in [3.05, 3.63) is 65.4 Å². The molecule has 36 heavy (non-hydrogen) atoms. The van der Waals surface area contributed by atoms with Crippen LogP contribution in [-0.4, -0.2) is 66.6 Å². The second kappa shape index (κ2) is 9.68. The highest BCUT2D eigenvalue weighted by Gasteiger charge is 2.33. The summed E-state index contributed by atoms with van der Waals surface area (Å²) in [5, 5.41) is 3.85. The molecule has 0 aliphatic carbocycles. The topological polar surface area (TPSA) is 129 Å². The van der Waals surface area contributed by atoms with Crippen LogP contribution >= 0.6 is 0 Å². The molecule has 0 saturated heterocycles. The number of nitrogens with two attached hydrogens (primary N) is 1. The number of nitrogens with zero attached hydrogens (tertiary/aromatic N) is 2. The first kappa shape index (κ1) is 25.9. The molecule has 2 heterocycles. The van der Waals surface area contributed by atoms with E-state index in [-0.39, 0.29) is 17.3 Å². The zero-order chi connectivity index (χ0) is 26.3. The number of aromatic amines is 1. The summed E-state index contributed by atoms with van der Waals surface area (Å²) in [7, 11) is -0.621. The van der Waals surface area contributed by atoms with Gasteiger partial charge >= 0.3 is 0 Å². The van der Waals surface area contributed by atoms with Gasteiger partial charge in [-0.1, -0.05) is 24.3 Å². The van der Waals surface area contributed by atoms with E-state index >= 15 is 0 Å². The normalized spacial score (nSPS) is 15.1. The van der Waals surface area contributed by atoms with Crippen molar-refractivity contribution in [2.75, 3.05) is 20.6 Å². The number of fused-ring (bicyclic) bond motifs is 2. The standard InChI is InChI=1S/C26H33N5O4S/c1-26(2,27)25(33)29-23(14-18-15-28-22-8-6-5-7-21(18)22)24(32)31-12-11-17-9-10-20(13-19(17)16-31)36(34,35)30(3)4/h5-10,13,15,23,28H,11-12,14,16,27H2,1-4H3,(H,29,33)/t23-/m1/s1. The van der Waals surface area contributed by atoms with Gasteiger partial charge in [-0.3, -0.25) is 9.59 Å². The van der Waals surface area contributed by atoms with E-state index in [1.165, 1.54) is 18.4 Å². The Balaban J connectivity index is 1.62. The molecule has 1 atom stereocenters. The van der Waals surface area contributed by atoms with Crippen LogP contribution in [0.1, 0.15) is 30.5 Å². The van der Waals surface area contributed by atoms with Crippen LogP contribution in [0.5, 0.6) is 0 Å². The number of carbonyl (C=O) groups excluding carboxylic acids is 2. The average Bonchev–Trinajstić information content (AvgIpc) is 3.24. The fraction of sp³-hybridized carbons (Fsp3) is 0.385. The molecule has 2 amide bonds. The Labute approximate surface area is 211 Å². The lowest BCUT2D eigenvalue weighted by molar-refractivity contribution is -0.138. The van der Waals surface area contributed by atoms with Crippen LogP contribution in [0.2, 0.25) is 0 Å². The van der Waals surface area contributed by atoms with E-state index in [0.29, 0.717) is 19.4 Å². The van der Waals surface area contributed by atoms with E-state index in [4.69, 9.17) is 5.73 Å². The molecule has 0 bridgehead atoms. The molecule has 2 aromatic carbocycles. The van der Waals surface area contributed by atoms with Gasteiger partial charge in [-0.15, -0.1) is 0 Å². The van der Waals surface area contributed by atoms with Crippen LogP contribution in [0, 0.1) is 0 Å². The molecule has 1 aromatic heterocycles. The minimum Gasteiger partial charge on any atom is -0.361 e. The zero-order valence-corrected chi connectivity index (χ0v) is 21.9. The minimum atomic E-state index is -3.60. The Morgan fingerprint density at radius 2 is 1.89 bits per heavy atom. The van der Waals surface area contributed by atoms with E-state index in [1.807, 2.05) is 36.5 Å². The van der Waals surface area contributed by atoms with Crippen LogP contribution in [0.4, 0.5) is 0 Å². The van der Waals surface area contributed by atoms with Crippen molar-refractivity contribution in [2.24, 2.45) is 5.73 Å². The fourth-order valence-corrected chi connectivity index (χ4v) is 5.33. The van der Waals surface area contributed by atoms with Crippen molar-refractivity contribution < 1.29 is 18.0 Å². The number of H-pyrrole nitrogens is 1. The summed E-state index contributed by atoms with van der Waals surface area (Å²) in [6, 6.07) is 12.0. The van der Waals surface area contributed by atoms with Gasteiger partial charge in [-0.05, 0) is 55.2 Å². The highest BCUT2D eigenvalue weighted by Crippen LogP contribution is 2.25. The molecule has 0 radical (unpaired) electrons. The summed E-state index contributed by atoms with van der Waals surface area (Å²) in [6.07, 6.45) is 2.75. The van der Waals surface area contributed by atoms with E-state index in [9.17, 15) is 18.0 Å². The van der Waals surface area contributed by atoms with E-state index in [1.54, 1.807) is 30.9 Å². The van der Waals surface area contributed by atoms with Crippen molar-refractivity contribution in [3.8, 4) is 0 Å². The van der Waals surface area contributed by atoms with Gasteiger partial charge in [-0.2, -0.15) is 0 Å². The van der Waals surface area contributed by atoms with Gasteiger partial charge in [-0.25, -0.2) is 12.7 Å². The number of amides is 2. The SMILES string of the molecule is CN(C)S(=O)(=O)c1ccc2c(c1)CN(C(=O)[C@@H](Cc1c[nH]c3ccccc13)NC(=O)C(C)(C)N)CC2. The fourth-order valence-electron chi connectivity index (χ4n) is 4.38. The van der Waals surface area contributed by atoms with Crippen LogP contribution in [0.15, 0.2) is 53.6 Å². The molecular weight excluding hydrogens is 478 g/mol. The van der Waals surface area contributed by atoms with Gasteiger partial charge in [0.2, 0.25) is 21.8 Å². The molecule has 0 saturated carbocycles. The second-order valence-electron chi connectivity index (χ2n) is 10.0. The van der Waals surface area contributed by atoms with Gasteiger partial charge in [0.25, 0.3) is 0 Å². The number of hydrogen-bond acceptors (Lipinski definition) is 5. The summed E-state index contributed by atoms with van der Waals surface area (Å²) in [5.41, 5.74) is 8.52. The van der Waals surface area contributed by atoms with E-state index in [2.05, 4.69) is 10.3 Å². The predicted molar refractivity (Wildman–Crippen MR) is 139 cm³/mol. The average molecular weight is 512 g/mol. The van der Waals surface area contributed by atoms with Crippen molar-refractivity contribution >= 4 is 32.7 Å². The lowest BCUT2D eigenvalue weighted by Crippen LogP contribution is -2.57. The summed E-state index contributed by atoms with van der Waals surface area (Å²) in [4.78, 5) is 31.6. The molecule has 10 heteroatoms. The zero-order valence-electron chi connectivity index (χ0n) is 21.0. The van der Waals surface area contributed by atoms with Crippen LogP contribution in [0.25, 0.3) is 10.9 Å². The Morgan fingerprint density at radius 3 is 2.58 bits per heavy atom. The van der Waals surface area contributed by atoms with Gasteiger partial charge in [0.15, 0.2) is 0 Å². The van der Waals surface area contributed by atoms with E-state index < -0.39 is 27.5 Å². The van der Waals surface area contributed by atoms with Crippen LogP contribution < -0.4 is 11.1 Å². The number of sulfonamides is 1. The highest BCUT2D eigenvalue weighted by atomic mass is 32.2. The molecule has 4 N–H and O–H groups in total. The van der Waals surface area contributed by atoms with Crippen molar-refractivity contribution in [1.82, 2.24) is 19.5 Å². The molecule has 4 rings (SSSR count). The summed E-state index contributed by atoms with van der Waals surface area (Å²) in [5.74, 6) is -0.651. The van der Waals surface area contributed by atoms with Gasteiger partial charge in [0, 0.05) is 50.7 Å². The maximum atomic E-state index is 13.8. The number of nitrogens with one attached hydrogen (secondary N) is 2. The number of carbonyl (C=O) groups is 2. The molecule has 0 spiro atoms. The molecule has 9 nitrogen and oxygen atoms in total. The number of benzene rings is 2. The third-order valence-electron chi connectivity index (χ3n) is 6.57. The lowest BCUT2D eigenvalue weighted by Gasteiger charge is -2.33. The molecule has 3 aromatic rings. The van der Waals surface area contributed by atoms with Crippen molar-refractivity contribution in [1.29, 1.82) is 0 Å². The number of aromatic nitrogens is 1. The summed E-state index contributed by atoms with van der Waals surface area (Å²) >= 11 is 0. The molecule has 0 fully saturated rings. The Hall–Kier alpha value is -3.21. The first-order valence-corrected chi connectivity index (χ1v) is 13.3. The first-order valence-electron chi connectivity index (χ1n) is 11.9.